The fourth-order valence-electron chi connectivity index (χ4n) is 5.44. The molecule has 2 heterocycles. The molecule has 0 saturated heterocycles. The fourth-order valence-corrected chi connectivity index (χ4v) is 5.44. The monoisotopic (exact) mass is 560 g/mol. The van der Waals surface area contributed by atoms with Gasteiger partial charge in [-0.25, -0.2) is 0 Å². The Bertz CT molecular complexity index is 1690. The van der Waals surface area contributed by atoms with Crippen LogP contribution in [0.1, 0.15) is 54.9 Å². The number of carbonyl (C=O) groups is 3. The molecule has 42 heavy (non-hydrogen) atoms. The maximum atomic E-state index is 13.5. The summed E-state index contributed by atoms with van der Waals surface area (Å²) in [5, 5.41) is 7.94. The van der Waals surface area contributed by atoms with Crippen LogP contribution in [0.2, 0.25) is 0 Å². The number of rotatable bonds is 13. The van der Waals surface area contributed by atoms with E-state index in [0.29, 0.717) is 31.4 Å². The number of aromatic nitrogens is 2. The number of unbranched alkanes of at least 4 members (excludes halogenated alkanes) is 2. The first-order chi connectivity index (χ1) is 20.5. The number of fused-ring (bicyclic) bond motifs is 2. The summed E-state index contributed by atoms with van der Waals surface area (Å²) in [6.07, 6.45) is 5.57. The Hall–Kier alpha value is -4.78. The van der Waals surface area contributed by atoms with E-state index in [2.05, 4.69) is 44.9 Å². The van der Waals surface area contributed by atoms with Crippen LogP contribution in [0, 0.1) is 0 Å². The molecule has 214 valence electrons. The molecule has 0 spiro atoms. The van der Waals surface area contributed by atoms with Gasteiger partial charge in [-0.2, -0.15) is 0 Å². The Labute approximate surface area is 245 Å². The van der Waals surface area contributed by atoms with Crippen molar-refractivity contribution in [2.75, 3.05) is 6.54 Å². The van der Waals surface area contributed by atoms with E-state index >= 15 is 0 Å². The van der Waals surface area contributed by atoms with Gasteiger partial charge in [-0.1, -0.05) is 79.6 Å². The Morgan fingerprint density at radius 2 is 1.57 bits per heavy atom. The normalized spacial score (nSPS) is 11.8. The van der Waals surface area contributed by atoms with Crippen LogP contribution < -0.4 is 10.6 Å². The molecule has 3 N–H and O–H groups in total. The van der Waals surface area contributed by atoms with Gasteiger partial charge in [0.25, 0.3) is 5.91 Å². The second-order valence-corrected chi connectivity index (χ2v) is 10.6. The number of aromatic amines is 1. The zero-order valence-corrected chi connectivity index (χ0v) is 23.9. The topological polar surface area (TPSA) is 104 Å². The van der Waals surface area contributed by atoms with Crippen molar-refractivity contribution < 1.29 is 14.4 Å². The van der Waals surface area contributed by atoms with E-state index in [1.54, 1.807) is 19.2 Å². The molecule has 0 fully saturated rings. The van der Waals surface area contributed by atoms with Gasteiger partial charge in [-0.05, 0) is 55.5 Å². The van der Waals surface area contributed by atoms with Crippen molar-refractivity contribution in [1.82, 2.24) is 20.6 Å². The van der Waals surface area contributed by atoms with Crippen molar-refractivity contribution in [2.24, 2.45) is 0 Å². The maximum Gasteiger partial charge on any atom is 0.252 e. The number of H-pyrrole nitrogens is 1. The zero-order chi connectivity index (χ0) is 29.3. The number of benzene rings is 3. The van der Waals surface area contributed by atoms with E-state index in [1.807, 2.05) is 54.6 Å². The summed E-state index contributed by atoms with van der Waals surface area (Å²) in [6.45, 7) is 2.02. The number of para-hydroxylation sites is 2. The van der Waals surface area contributed by atoms with Gasteiger partial charge in [-0.15, -0.1) is 0 Å². The van der Waals surface area contributed by atoms with Crippen molar-refractivity contribution in [1.29, 1.82) is 0 Å². The Kier molecular flexibility index (Phi) is 9.39. The quantitative estimate of drug-likeness (QED) is 0.145. The molecule has 7 nitrogen and oxygen atoms in total. The lowest BCUT2D eigenvalue weighted by molar-refractivity contribution is -0.123. The molecule has 0 aliphatic carbocycles. The number of amides is 2. The number of carbonyl (C=O) groups excluding carboxylic acids is 3. The Morgan fingerprint density at radius 1 is 0.833 bits per heavy atom. The highest BCUT2D eigenvalue weighted by molar-refractivity contribution is 6.07. The first-order valence-corrected chi connectivity index (χ1v) is 14.6. The van der Waals surface area contributed by atoms with Crippen LogP contribution in [0.5, 0.6) is 0 Å². The summed E-state index contributed by atoms with van der Waals surface area (Å²) in [6, 6.07) is 26.8. The Morgan fingerprint density at radius 3 is 2.38 bits per heavy atom. The van der Waals surface area contributed by atoms with E-state index in [0.717, 1.165) is 57.9 Å². The number of pyridine rings is 1. The number of Topliss-reactive ketones (excluding diaryl/α,β-unsaturated/α-hetero) is 1. The molecular weight excluding hydrogens is 524 g/mol. The average molecular weight is 561 g/mol. The molecule has 0 bridgehead atoms. The highest BCUT2D eigenvalue weighted by Crippen LogP contribution is 2.30. The first-order valence-electron chi connectivity index (χ1n) is 14.6. The van der Waals surface area contributed by atoms with E-state index in [1.165, 1.54) is 0 Å². The molecule has 0 radical (unpaired) electrons. The zero-order valence-electron chi connectivity index (χ0n) is 23.9. The van der Waals surface area contributed by atoms with Gasteiger partial charge >= 0.3 is 0 Å². The van der Waals surface area contributed by atoms with E-state index < -0.39 is 6.04 Å². The van der Waals surface area contributed by atoms with Crippen molar-refractivity contribution >= 4 is 39.4 Å². The Balaban J connectivity index is 1.30. The molecule has 7 heteroatoms. The molecule has 0 aliphatic heterocycles. The molecule has 0 saturated carbocycles. The van der Waals surface area contributed by atoms with Crippen molar-refractivity contribution in [3.8, 4) is 11.3 Å². The fraction of sp³-hybridized carbons (Fsp3) is 0.257. The largest absolute Gasteiger partial charge is 0.354 e. The smallest absolute Gasteiger partial charge is 0.252 e. The second kappa shape index (κ2) is 13.7. The molecule has 3 aromatic carbocycles. The van der Waals surface area contributed by atoms with Gasteiger partial charge in [0.05, 0.1) is 11.1 Å². The molecule has 1 atom stereocenters. The van der Waals surface area contributed by atoms with Gasteiger partial charge in [0.1, 0.15) is 11.8 Å². The average Bonchev–Trinajstić information content (AvgIpc) is 3.38. The predicted octanol–water partition coefficient (Wildman–Crippen LogP) is 6.38. The first kappa shape index (κ1) is 28.7. The van der Waals surface area contributed by atoms with E-state index in [-0.39, 0.29) is 17.6 Å². The van der Waals surface area contributed by atoms with Gasteiger partial charge in [0.2, 0.25) is 5.91 Å². The summed E-state index contributed by atoms with van der Waals surface area (Å²) in [7, 11) is 0. The predicted molar refractivity (Wildman–Crippen MR) is 167 cm³/mol. The molecule has 2 amide bonds. The van der Waals surface area contributed by atoms with Crippen LogP contribution in [-0.2, 0) is 16.0 Å². The molecule has 5 rings (SSSR count). The summed E-state index contributed by atoms with van der Waals surface area (Å²) in [5.41, 5.74) is 5.55. The molecule has 5 aromatic rings. The van der Waals surface area contributed by atoms with Crippen LogP contribution in [0.25, 0.3) is 33.1 Å². The van der Waals surface area contributed by atoms with Crippen LogP contribution >= 0.6 is 0 Å². The van der Waals surface area contributed by atoms with E-state index in [4.69, 9.17) is 0 Å². The van der Waals surface area contributed by atoms with Crippen LogP contribution in [0.4, 0.5) is 0 Å². The van der Waals surface area contributed by atoms with Crippen LogP contribution in [0.15, 0.2) is 91.1 Å². The molecule has 2 aromatic heterocycles. The van der Waals surface area contributed by atoms with Crippen molar-refractivity contribution in [2.45, 2.75) is 51.5 Å². The number of ketones is 1. The lowest BCUT2D eigenvalue weighted by Gasteiger charge is -2.19. The summed E-state index contributed by atoms with van der Waals surface area (Å²) >= 11 is 0. The standard InChI is InChI=1S/C35H36N4O3/c1-24(40)12-4-2-7-19-32(39-34(41)29-21-22-36-30-17-10-8-16-27(29)30)35(42)37-23-20-28-26-15-9-11-18-31(26)38-33(28)25-13-5-3-6-14-25/h3,5-6,8-11,13-18,21-22,32,38H,2,4,7,12,19-20,23H2,1H3,(H,37,42)(H,39,41). The van der Waals surface area contributed by atoms with Gasteiger partial charge < -0.3 is 20.4 Å². The second-order valence-electron chi connectivity index (χ2n) is 10.6. The van der Waals surface area contributed by atoms with Gasteiger partial charge in [0, 0.05) is 41.1 Å². The minimum atomic E-state index is -0.696. The highest BCUT2D eigenvalue weighted by Gasteiger charge is 2.22. The minimum absolute atomic E-state index is 0.161. The third kappa shape index (κ3) is 6.92. The summed E-state index contributed by atoms with van der Waals surface area (Å²) in [4.78, 5) is 46.1. The van der Waals surface area contributed by atoms with Gasteiger partial charge in [-0.3, -0.25) is 14.6 Å². The van der Waals surface area contributed by atoms with Crippen LogP contribution in [-0.4, -0.2) is 40.2 Å². The van der Waals surface area contributed by atoms with E-state index in [9.17, 15) is 14.4 Å². The van der Waals surface area contributed by atoms with Crippen LogP contribution in [0.3, 0.4) is 0 Å². The number of hydrogen-bond acceptors (Lipinski definition) is 4. The highest BCUT2D eigenvalue weighted by atomic mass is 16.2. The SMILES string of the molecule is CC(=O)CCCCCC(NC(=O)c1ccnc2ccccc12)C(=O)NCCc1c(-c2ccccc2)[nH]c2ccccc12. The lowest BCUT2D eigenvalue weighted by Crippen LogP contribution is -2.47. The lowest BCUT2D eigenvalue weighted by atomic mass is 10.0. The molecule has 0 aliphatic rings. The van der Waals surface area contributed by atoms with Crippen molar-refractivity contribution in [3.05, 3.63) is 102 Å². The van der Waals surface area contributed by atoms with Crippen molar-refractivity contribution in [3.63, 3.8) is 0 Å². The number of nitrogens with zero attached hydrogens (tertiary/aromatic N) is 1. The molecule has 1 unspecified atom stereocenters. The third-order valence-electron chi connectivity index (χ3n) is 7.59. The van der Waals surface area contributed by atoms with Gasteiger partial charge in [0.15, 0.2) is 0 Å². The third-order valence-corrected chi connectivity index (χ3v) is 7.59. The number of nitrogens with one attached hydrogen (secondary N) is 3. The number of hydrogen-bond donors (Lipinski definition) is 3. The minimum Gasteiger partial charge on any atom is -0.354 e. The molecular formula is C35H36N4O3. The summed E-state index contributed by atoms with van der Waals surface area (Å²) < 4.78 is 0. The maximum absolute atomic E-state index is 13.5. The summed E-state index contributed by atoms with van der Waals surface area (Å²) in [5.74, 6) is -0.357.